The molecular formula is C45H40N4O8. The first kappa shape index (κ1) is 36.5. The van der Waals surface area contributed by atoms with Gasteiger partial charge in [0.15, 0.2) is 6.29 Å². The fourth-order valence-corrected chi connectivity index (χ4v) is 8.41. The molecule has 1 unspecified atom stereocenters. The van der Waals surface area contributed by atoms with Gasteiger partial charge in [-0.3, -0.25) is 9.36 Å². The molecule has 12 nitrogen and oxygen atoms in total. The number of benzene rings is 5. The minimum Gasteiger partial charge on any atom is -0.392 e. The Labute approximate surface area is 327 Å². The van der Waals surface area contributed by atoms with Crippen LogP contribution in [0.3, 0.4) is 0 Å². The maximum absolute atomic E-state index is 13.4. The summed E-state index contributed by atoms with van der Waals surface area (Å²) < 4.78 is 20.5. The van der Waals surface area contributed by atoms with Crippen molar-refractivity contribution in [2.75, 3.05) is 25.0 Å². The molecule has 0 bridgehead atoms. The van der Waals surface area contributed by atoms with Gasteiger partial charge in [-0.15, -0.1) is 0 Å². The number of aromatic amines is 1. The van der Waals surface area contributed by atoms with Crippen LogP contribution in [0.2, 0.25) is 0 Å². The first-order chi connectivity index (χ1) is 27.8. The van der Waals surface area contributed by atoms with Gasteiger partial charge in [0.05, 0.1) is 41.0 Å². The summed E-state index contributed by atoms with van der Waals surface area (Å²) in [5, 5.41) is 12.7. The van der Waals surface area contributed by atoms with Crippen LogP contribution in [0, 0.1) is 0 Å². The third-order valence-electron chi connectivity index (χ3n) is 11.3. The van der Waals surface area contributed by atoms with Crippen molar-refractivity contribution in [3.8, 4) is 0 Å². The molecule has 5 aromatic carbocycles. The van der Waals surface area contributed by atoms with Gasteiger partial charge in [0.25, 0.3) is 5.91 Å². The van der Waals surface area contributed by atoms with Crippen molar-refractivity contribution in [1.29, 1.82) is 0 Å². The molecule has 0 aliphatic carbocycles. The Bertz CT molecular complexity index is 2520. The van der Waals surface area contributed by atoms with Gasteiger partial charge in [-0.2, -0.15) is 0 Å². The zero-order valence-electron chi connectivity index (χ0n) is 30.9. The van der Waals surface area contributed by atoms with Crippen molar-refractivity contribution in [2.45, 2.75) is 49.9 Å². The van der Waals surface area contributed by atoms with E-state index in [1.807, 2.05) is 89.5 Å². The first-order valence-electron chi connectivity index (χ1n) is 19.1. The number of carbonyl (C=O) groups is 3. The van der Waals surface area contributed by atoms with Crippen LogP contribution >= 0.6 is 0 Å². The topological polar surface area (TPSA) is 152 Å². The number of nitrogens with zero attached hydrogens (tertiary/aromatic N) is 2. The number of esters is 2. The molecule has 6 aromatic rings. The predicted octanol–water partition coefficient (Wildman–Crippen LogP) is 6.66. The average Bonchev–Trinajstić information content (AvgIpc) is 3.74. The zero-order chi connectivity index (χ0) is 39.0. The van der Waals surface area contributed by atoms with Crippen LogP contribution in [0.1, 0.15) is 90.5 Å². The van der Waals surface area contributed by atoms with Gasteiger partial charge in [0.2, 0.25) is 0 Å². The summed E-state index contributed by atoms with van der Waals surface area (Å²) in [5.74, 6) is -2.17. The monoisotopic (exact) mass is 764 g/mol. The number of H-pyrrole nitrogens is 1. The Morgan fingerprint density at radius 2 is 1.49 bits per heavy atom. The summed E-state index contributed by atoms with van der Waals surface area (Å²) in [7, 11) is 0. The number of carbonyl (C=O) groups excluding carboxylic acids is 3. The summed E-state index contributed by atoms with van der Waals surface area (Å²) in [6.07, 6.45) is 0.0452. The molecule has 3 aliphatic heterocycles. The Kier molecular flexibility index (Phi) is 9.85. The van der Waals surface area contributed by atoms with Crippen molar-refractivity contribution in [3.63, 3.8) is 0 Å². The summed E-state index contributed by atoms with van der Waals surface area (Å²) >= 11 is 0. The minimum absolute atomic E-state index is 0.0542. The van der Waals surface area contributed by atoms with E-state index in [0.29, 0.717) is 17.8 Å². The van der Waals surface area contributed by atoms with Crippen molar-refractivity contribution in [1.82, 2.24) is 14.5 Å². The van der Waals surface area contributed by atoms with Crippen molar-refractivity contribution < 1.29 is 33.7 Å². The molecule has 0 saturated carbocycles. The van der Waals surface area contributed by atoms with Crippen LogP contribution < -0.4 is 11.0 Å². The third-order valence-corrected chi connectivity index (χ3v) is 11.3. The number of ether oxygens (including phenoxy) is 3. The molecule has 12 heteroatoms. The smallest absolute Gasteiger partial charge is 0.346 e. The number of para-hydroxylation sites is 2. The second-order valence-corrected chi connectivity index (χ2v) is 14.8. The number of imidazole rings is 1. The summed E-state index contributed by atoms with van der Waals surface area (Å²) in [6.45, 7) is 2.08. The number of likely N-dealkylation sites (tertiary alicyclic amines) is 1. The number of cyclic esters (lactones) is 2. The lowest BCUT2D eigenvalue weighted by Gasteiger charge is -2.45. The van der Waals surface area contributed by atoms with E-state index in [4.69, 9.17) is 9.47 Å². The third kappa shape index (κ3) is 7.20. The molecule has 2 saturated heterocycles. The second-order valence-electron chi connectivity index (χ2n) is 14.8. The Balaban J connectivity index is 1.00. The van der Waals surface area contributed by atoms with Crippen molar-refractivity contribution in [3.05, 3.63) is 171 Å². The van der Waals surface area contributed by atoms with E-state index in [1.165, 1.54) is 18.2 Å². The van der Waals surface area contributed by atoms with Crippen LogP contribution in [0.15, 0.2) is 126 Å². The van der Waals surface area contributed by atoms with Crippen molar-refractivity contribution >= 4 is 34.6 Å². The van der Waals surface area contributed by atoms with E-state index in [1.54, 1.807) is 6.07 Å². The molecule has 0 radical (unpaired) electrons. The Morgan fingerprint density at radius 1 is 0.754 bits per heavy atom. The number of hydrogen-bond donors (Lipinski definition) is 3. The fraction of sp³-hybridized carbons (Fsp3) is 0.244. The normalized spacial score (nSPS) is 21.4. The summed E-state index contributed by atoms with van der Waals surface area (Å²) in [5.41, 5.74) is 6.04. The average molecular weight is 765 g/mol. The highest BCUT2D eigenvalue weighted by molar-refractivity contribution is 6.16. The SMILES string of the molecule is O=C(Nc1cccc(C2O[C@H](CN3CCC(n4c(=O)[nH]c5ccccc54)CC3)[C@@H](c3ccccc3)[C@H](c3ccc(CO)cc3)O2)c1)c1ccc2c(c1)C(=O)OC2=O. The van der Waals surface area contributed by atoms with E-state index < -0.39 is 30.2 Å². The molecular weight excluding hydrogens is 725 g/mol. The van der Waals surface area contributed by atoms with Gasteiger partial charge in [-0.1, -0.05) is 78.9 Å². The lowest BCUT2D eigenvalue weighted by atomic mass is 9.83. The molecule has 0 spiro atoms. The quantitative estimate of drug-likeness (QED) is 0.108. The molecule has 4 atom stereocenters. The standard InChI is InChI=1S/C45H40N4O8/c50-26-27-13-15-29(16-14-27)40-39(28-7-2-1-3-8-28)38(25-48-21-19-33(20-22-48)49-37-12-5-4-11-36(37)47-45(49)54)55-44(56-40)31-9-6-10-32(23-31)46-41(51)30-17-18-34-35(24-30)43(53)57-42(34)52/h1-18,23-24,33,38-40,44,50H,19-22,25-26H2,(H,46,51)(H,47,54)/t38-,39-,40+,44?/m1/s1. The van der Waals surface area contributed by atoms with Gasteiger partial charge in [0, 0.05) is 48.4 Å². The molecule has 3 N–H and O–H groups in total. The first-order valence-corrected chi connectivity index (χ1v) is 19.1. The van der Waals surface area contributed by atoms with E-state index in [2.05, 4.69) is 32.1 Å². The van der Waals surface area contributed by atoms with Gasteiger partial charge in [0.1, 0.15) is 0 Å². The number of aromatic nitrogens is 2. The molecule has 57 heavy (non-hydrogen) atoms. The number of piperidine rings is 1. The van der Waals surface area contributed by atoms with Crippen LogP contribution in [-0.4, -0.2) is 63.1 Å². The second kappa shape index (κ2) is 15.4. The number of amides is 1. The van der Waals surface area contributed by atoms with E-state index >= 15 is 0 Å². The maximum atomic E-state index is 13.4. The van der Waals surface area contributed by atoms with Crippen LogP contribution in [0.25, 0.3) is 11.0 Å². The van der Waals surface area contributed by atoms with Gasteiger partial charge in [-0.25, -0.2) is 14.4 Å². The lowest BCUT2D eigenvalue weighted by molar-refractivity contribution is -0.264. The Morgan fingerprint density at radius 3 is 2.28 bits per heavy atom. The fourth-order valence-electron chi connectivity index (χ4n) is 8.41. The van der Waals surface area contributed by atoms with E-state index in [-0.39, 0.29) is 47.1 Å². The minimum atomic E-state index is -0.808. The lowest BCUT2D eigenvalue weighted by Crippen LogP contribution is -2.47. The van der Waals surface area contributed by atoms with Crippen LogP contribution in [0.5, 0.6) is 0 Å². The number of hydrogen-bond acceptors (Lipinski definition) is 9. The molecule has 1 aromatic heterocycles. The largest absolute Gasteiger partial charge is 0.392 e. The number of rotatable bonds is 9. The van der Waals surface area contributed by atoms with Gasteiger partial charge < -0.3 is 34.5 Å². The molecule has 288 valence electrons. The number of aliphatic hydroxyl groups excluding tert-OH is 1. The van der Waals surface area contributed by atoms with E-state index in [9.17, 15) is 24.3 Å². The Hall–Kier alpha value is -6.18. The highest BCUT2D eigenvalue weighted by Crippen LogP contribution is 2.47. The van der Waals surface area contributed by atoms with E-state index in [0.717, 1.165) is 53.7 Å². The number of anilines is 1. The zero-order valence-corrected chi connectivity index (χ0v) is 30.9. The van der Waals surface area contributed by atoms with Gasteiger partial charge >= 0.3 is 17.6 Å². The maximum Gasteiger partial charge on any atom is 0.346 e. The molecule has 3 aliphatic rings. The summed E-state index contributed by atoms with van der Waals surface area (Å²) in [6, 6.07) is 37.4. The molecule has 4 heterocycles. The number of fused-ring (bicyclic) bond motifs is 2. The highest BCUT2D eigenvalue weighted by Gasteiger charge is 2.43. The van der Waals surface area contributed by atoms with Crippen molar-refractivity contribution in [2.24, 2.45) is 0 Å². The number of nitrogens with one attached hydrogen (secondary N) is 2. The van der Waals surface area contributed by atoms with Crippen LogP contribution in [-0.2, 0) is 20.8 Å². The molecule has 9 rings (SSSR count). The number of aliphatic hydroxyl groups is 1. The van der Waals surface area contributed by atoms with Crippen LogP contribution in [0.4, 0.5) is 5.69 Å². The summed E-state index contributed by atoms with van der Waals surface area (Å²) in [4.78, 5) is 55.9. The predicted molar refractivity (Wildman–Crippen MR) is 211 cm³/mol. The molecule has 2 fully saturated rings. The molecule has 1 amide bonds. The highest BCUT2D eigenvalue weighted by atomic mass is 16.7. The van der Waals surface area contributed by atoms with Gasteiger partial charge in [-0.05, 0) is 72.0 Å².